The van der Waals surface area contributed by atoms with Gasteiger partial charge >= 0.3 is 0 Å². The van der Waals surface area contributed by atoms with E-state index in [1.165, 1.54) is 12.0 Å². The highest BCUT2D eigenvalue weighted by atomic mass is 16.5. The van der Waals surface area contributed by atoms with Crippen LogP contribution < -0.4 is 10.1 Å². The first-order valence-corrected chi connectivity index (χ1v) is 5.75. The fourth-order valence-corrected chi connectivity index (χ4v) is 2.22. The van der Waals surface area contributed by atoms with E-state index in [1.54, 1.807) is 0 Å². The van der Waals surface area contributed by atoms with Gasteiger partial charge in [-0.25, -0.2) is 0 Å². The van der Waals surface area contributed by atoms with Crippen molar-refractivity contribution in [3.8, 4) is 5.75 Å². The van der Waals surface area contributed by atoms with Crippen LogP contribution in [0.2, 0.25) is 0 Å². The number of benzene rings is 1. The molecule has 0 aromatic heterocycles. The molecular weight excluding hydrogens is 186 g/mol. The molecule has 1 aromatic rings. The zero-order chi connectivity index (χ0) is 10.7. The quantitative estimate of drug-likeness (QED) is 0.818. The van der Waals surface area contributed by atoms with E-state index >= 15 is 0 Å². The van der Waals surface area contributed by atoms with Crippen LogP contribution in [-0.4, -0.2) is 19.2 Å². The molecule has 1 aliphatic heterocycles. The molecule has 0 radical (unpaired) electrons. The number of ether oxygens (including phenoxy) is 1. The highest BCUT2D eigenvalue weighted by Gasteiger charge is 2.22. The third-order valence-corrected chi connectivity index (χ3v) is 2.99. The van der Waals surface area contributed by atoms with Gasteiger partial charge < -0.3 is 10.1 Å². The first-order chi connectivity index (χ1) is 7.29. The van der Waals surface area contributed by atoms with Crippen molar-refractivity contribution in [2.75, 3.05) is 13.2 Å². The largest absolute Gasteiger partial charge is 0.494 e. The average molecular weight is 205 g/mol. The maximum Gasteiger partial charge on any atom is 0.119 e. The van der Waals surface area contributed by atoms with Gasteiger partial charge in [-0.1, -0.05) is 12.1 Å². The van der Waals surface area contributed by atoms with E-state index in [-0.39, 0.29) is 0 Å². The fourth-order valence-electron chi connectivity index (χ4n) is 2.22. The van der Waals surface area contributed by atoms with Crippen LogP contribution in [0.1, 0.15) is 31.7 Å². The molecule has 2 heteroatoms. The van der Waals surface area contributed by atoms with Gasteiger partial charge in [0.05, 0.1) is 6.61 Å². The second-order valence-electron chi connectivity index (χ2n) is 4.25. The number of rotatable bonds is 3. The van der Waals surface area contributed by atoms with Crippen molar-refractivity contribution in [3.05, 3.63) is 29.8 Å². The summed E-state index contributed by atoms with van der Waals surface area (Å²) in [5.74, 6) is 1.65. The molecule has 15 heavy (non-hydrogen) atoms. The first kappa shape index (κ1) is 10.5. The summed E-state index contributed by atoms with van der Waals surface area (Å²) in [6.07, 6.45) is 1.23. The smallest absolute Gasteiger partial charge is 0.119 e. The van der Waals surface area contributed by atoms with E-state index in [4.69, 9.17) is 4.74 Å². The van der Waals surface area contributed by atoms with E-state index < -0.39 is 0 Å². The normalized spacial score (nSPS) is 25.5. The van der Waals surface area contributed by atoms with Gasteiger partial charge in [-0.3, -0.25) is 0 Å². The Morgan fingerprint density at radius 2 is 2.33 bits per heavy atom. The molecule has 0 amide bonds. The molecule has 2 unspecified atom stereocenters. The van der Waals surface area contributed by atoms with Gasteiger partial charge in [-0.2, -0.15) is 0 Å². The van der Waals surface area contributed by atoms with Crippen LogP contribution in [-0.2, 0) is 0 Å². The Morgan fingerprint density at radius 3 is 3.00 bits per heavy atom. The topological polar surface area (TPSA) is 21.3 Å². The third kappa shape index (κ3) is 2.51. The third-order valence-electron chi connectivity index (χ3n) is 2.99. The zero-order valence-corrected chi connectivity index (χ0v) is 9.49. The van der Waals surface area contributed by atoms with Crippen molar-refractivity contribution >= 4 is 0 Å². The summed E-state index contributed by atoms with van der Waals surface area (Å²) in [6.45, 7) is 6.10. The van der Waals surface area contributed by atoms with Crippen LogP contribution in [0.15, 0.2) is 24.3 Å². The lowest BCUT2D eigenvalue weighted by molar-refractivity contribution is 0.339. The maximum absolute atomic E-state index is 5.51. The van der Waals surface area contributed by atoms with Crippen LogP contribution >= 0.6 is 0 Å². The van der Waals surface area contributed by atoms with E-state index in [2.05, 4.69) is 30.4 Å². The number of nitrogens with one attached hydrogen (secondary N) is 1. The summed E-state index contributed by atoms with van der Waals surface area (Å²) < 4.78 is 5.51. The van der Waals surface area contributed by atoms with Crippen molar-refractivity contribution in [3.63, 3.8) is 0 Å². The predicted octanol–water partition coefficient (Wildman–Crippen LogP) is 2.55. The van der Waals surface area contributed by atoms with Gasteiger partial charge in [0.1, 0.15) is 5.75 Å². The lowest BCUT2D eigenvalue weighted by atomic mass is 9.96. The fraction of sp³-hybridized carbons (Fsp3) is 0.538. The summed E-state index contributed by atoms with van der Waals surface area (Å²) in [5.41, 5.74) is 1.40. The monoisotopic (exact) mass is 205 g/mol. The van der Waals surface area contributed by atoms with E-state index in [9.17, 15) is 0 Å². The van der Waals surface area contributed by atoms with E-state index in [0.29, 0.717) is 12.0 Å². The summed E-state index contributed by atoms with van der Waals surface area (Å²) >= 11 is 0. The molecule has 1 aromatic carbocycles. The molecule has 82 valence electrons. The van der Waals surface area contributed by atoms with Crippen molar-refractivity contribution in [1.82, 2.24) is 5.32 Å². The molecule has 2 nitrogen and oxygen atoms in total. The second-order valence-corrected chi connectivity index (χ2v) is 4.25. The number of hydrogen-bond acceptors (Lipinski definition) is 2. The Bertz CT molecular complexity index is 324. The molecule has 0 bridgehead atoms. The Hall–Kier alpha value is -1.02. The van der Waals surface area contributed by atoms with Gasteiger partial charge in [0.15, 0.2) is 0 Å². The summed E-state index contributed by atoms with van der Waals surface area (Å²) in [7, 11) is 0. The lowest BCUT2D eigenvalue weighted by Gasteiger charge is -2.11. The van der Waals surface area contributed by atoms with Gasteiger partial charge in [-0.15, -0.1) is 0 Å². The lowest BCUT2D eigenvalue weighted by Crippen LogP contribution is -2.16. The Labute approximate surface area is 91.6 Å². The molecule has 1 aliphatic rings. The molecule has 0 aliphatic carbocycles. The maximum atomic E-state index is 5.51. The summed E-state index contributed by atoms with van der Waals surface area (Å²) in [4.78, 5) is 0. The molecular formula is C13H19NO. The minimum absolute atomic E-state index is 0.644. The van der Waals surface area contributed by atoms with Crippen LogP contribution in [0, 0.1) is 0 Å². The molecule has 1 heterocycles. The zero-order valence-electron chi connectivity index (χ0n) is 9.49. The minimum Gasteiger partial charge on any atom is -0.494 e. The van der Waals surface area contributed by atoms with Gasteiger partial charge in [0.2, 0.25) is 0 Å². The Kier molecular flexibility index (Phi) is 3.27. The number of hydrogen-bond donors (Lipinski definition) is 1. The van der Waals surface area contributed by atoms with E-state index in [0.717, 1.165) is 18.9 Å². The molecule has 1 saturated heterocycles. The first-order valence-electron chi connectivity index (χ1n) is 5.75. The van der Waals surface area contributed by atoms with Crippen LogP contribution in [0.25, 0.3) is 0 Å². The van der Waals surface area contributed by atoms with Crippen molar-refractivity contribution < 1.29 is 4.74 Å². The molecule has 1 N–H and O–H groups in total. The second kappa shape index (κ2) is 4.67. The van der Waals surface area contributed by atoms with Gasteiger partial charge in [0.25, 0.3) is 0 Å². The molecule has 1 fully saturated rings. The van der Waals surface area contributed by atoms with Gasteiger partial charge in [-0.05, 0) is 43.9 Å². The van der Waals surface area contributed by atoms with Crippen molar-refractivity contribution in [2.24, 2.45) is 0 Å². The van der Waals surface area contributed by atoms with Crippen LogP contribution in [0.4, 0.5) is 0 Å². The molecule has 0 saturated carbocycles. The summed E-state index contributed by atoms with van der Waals surface area (Å²) in [5, 5.41) is 3.48. The highest BCUT2D eigenvalue weighted by Crippen LogP contribution is 2.27. The Balaban J connectivity index is 2.10. The van der Waals surface area contributed by atoms with Crippen LogP contribution in [0.5, 0.6) is 5.75 Å². The minimum atomic E-state index is 0.644. The standard InChI is InChI=1S/C13H19NO/c1-3-15-13-6-4-5-11(8-13)12-7-10(2)14-9-12/h4-6,8,10,12,14H,3,7,9H2,1-2H3. The van der Waals surface area contributed by atoms with Crippen molar-refractivity contribution in [2.45, 2.75) is 32.2 Å². The van der Waals surface area contributed by atoms with E-state index in [1.807, 2.05) is 13.0 Å². The summed E-state index contributed by atoms with van der Waals surface area (Å²) in [6, 6.07) is 9.13. The van der Waals surface area contributed by atoms with Crippen LogP contribution in [0.3, 0.4) is 0 Å². The highest BCUT2D eigenvalue weighted by molar-refractivity contribution is 5.31. The SMILES string of the molecule is CCOc1cccc(C2CNC(C)C2)c1. The molecule has 2 atom stereocenters. The predicted molar refractivity (Wildman–Crippen MR) is 62.4 cm³/mol. The molecule has 2 rings (SSSR count). The molecule has 0 spiro atoms. The van der Waals surface area contributed by atoms with Crippen molar-refractivity contribution in [1.29, 1.82) is 0 Å². The average Bonchev–Trinajstić information content (AvgIpc) is 2.66. The van der Waals surface area contributed by atoms with Gasteiger partial charge in [0, 0.05) is 12.6 Å². The Morgan fingerprint density at radius 1 is 1.47 bits per heavy atom.